The van der Waals surface area contributed by atoms with Gasteiger partial charge in [-0.15, -0.1) is 0 Å². The summed E-state index contributed by atoms with van der Waals surface area (Å²) in [6.07, 6.45) is 8.78. The third-order valence-electron chi connectivity index (χ3n) is 3.52. The van der Waals surface area contributed by atoms with Crippen LogP contribution in [0.1, 0.15) is 32.6 Å². The van der Waals surface area contributed by atoms with Gasteiger partial charge in [-0.1, -0.05) is 19.8 Å². The van der Waals surface area contributed by atoms with Crippen LogP contribution in [0.5, 0.6) is 0 Å². The number of nitrogens with one attached hydrogen (secondary N) is 2. The van der Waals surface area contributed by atoms with Gasteiger partial charge in [0.2, 0.25) is 5.91 Å². The zero-order chi connectivity index (χ0) is 13.0. The molecule has 1 aliphatic rings. The van der Waals surface area contributed by atoms with E-state index in [-0.39, 0.29) is 12.5 Å². The maximum Gasteiger partial charge on any atom is 0.241 e. The van der Waals surface area contributed by atoms with E-state index in [0.29, 0.717) is 6.04 Å². The van der Waals surface area contributed by atoms with Crippen LogP contribution in [-0.4, -0.2) is 28.8 Å². The fraction of sp³-hybridized carbons (Fsp3) is 0.692. The molecule has 0 saturated heterocycles. The molecule has 1 fully saturated rings. The molecule has 1 aromatic rings. The minimum atomic E-state index is -0.0315. The number of hydrogen-bond acceptors (Lipinski definition) is 3. The molecule has 0 aliphatic heterocycles. The molecule has 0 aromatic carbocycles. The van der Waals surface area contributed by atoms with Gasteiger partial charge >= 0.3 is 0 Å². The second kappa shape index (κ2) is 5.89. The molecular weight excluding hydrogens is 228 g/mol. The van der Waals surface area contributed by atoms with Crippen molar-refractivity contribution in [1.29, 1.82) is 0 Å². The zero-order valence-corrected chi connectivity index (χ0v) is 11.1. The van der Waals surface area contributed by atoms with Gasteiger partial charge in [-0.25, -0.2) is 0 Å². The van der Waals surface area contributed by atoms with Crippen molar-refractivity contribution in [2.45, 2.75) is 45.2 Å². The van der Waals surface area contributed by atoms with Crippen molar-refractivity contribution in [3.8, 4) is 0 Å². The Morgan fingerprint density at radius 2 is 2.39 bits per heavy atom. The molecule has 5 heteroatoms. The molecule has 1 aliphatic carbocycles. The van der Waals surface area contributed by atoms with Gasteiger partial charge in [-0.2, -0.15) is 5.10 Å². The van der Waals surface area contributed by atoms with Crippen LogP contribution >= 0.6 is 0 Å². The number of carbonyl (C=O) groups excluding carboxylic acids is 1. The van der Waals surface area contributed by atoms with Crippen LogP contribution in [0.2, 0.25) is 0 Å². The van der Waals surface area contributed by atoms with Crippen LogP contribution < -0.4 is 10.6 Å². The first-order valence-electron chi connectivity index (χ1n) is 6.67. The Morgan fingerprint density at radius 1 is 1.56 bits per heavy atom. The topological polar surface area (TPSA) is 59.0 Å². The predicted octanol–water partition coefficient (Wildman–Crippen LogP) is 1.62. The molecule has 2 N–H and O–H groups in total. The molecule has 2 rings (SSSR count). The van der Waals surface area contributed by atoms with Gasteiger partial charge in [0.05, 0.1) is 11.9 Å². The third-order valence-corrected chi connectivity index (χ3v) is 3.52. The van der Waals surface area contributed by atoms with Crippen LogP contribution in [0.25, 0.3) is 0 Å². The van der Waals surface area contributed by atoms with Crippen LogP contribution in [0.15, 0.2) is 12.4 Å². The summed E-state index contributed by atoms with van der Waals surface area (Å²) in [7, 11) is 1.63. The summed E-state index contributed by atoms with van der Waals surface area (Å²) in [6, 6.07) is 0.548. The molecule has 18 heavy (non-hydrogen) atoms. The second-order valence-electron chi connectivity index (χ2n) is 5.21. The summed E-state index contributed by atoms with van der Waals surface area (Å²) in [5.41, 5.74) is 1.01. The number of carbonyl (C=O) groups is 1. The van der Waals surface area contributed by atoms with Crippen molar-refractivity contribution < 1.29 is 4.79 Å². The van der Waals surface area contributed by atoms with Gasteiger partial charge in [0.25, 0.3) is 0 Å². The van der Waals surface area contributed by atoms with Crippen molar-refractivity contribution in [3.63, 3.8) is 0 Å². The Labute approximate surface area is 108 Å². The van der Waals surface area contributed by atoms with Crippen molar-refractivity contribution in [1.82, 2.24) is 15.1 Å². The first-order valence-corrected chi connectivity index (χ1v) is 6.67. The number of rotatable bonds is 4. The maximum absolute atomic E-state index is 11.2. The Hall–Kier alpha value is -1.52. The van der Waals surface area contributed by atoms with E-state index >= 15 is 0 Å². The summed E-state index contributed by atoms with van der Waals surface area (Å²) in [6.45, 7) is 2.59. The number of anilines is 1. The van der Waals surface area contributed by atoms with E-state index in [4.69, 9.17) is 0 Å². The van der Waals surface area contributed by atoms with E-state index < -0.39 is 0 Å². The average molecular weight is 250 g/mol. The molecule has 2 unspecified atom stereocenters. The van der Waals surface area contributed by atoms with Gasteiger partial charge in [-0.3, -0.25) is 9.48 Å². The van der Waals surface area contributed by atoms with E-state index in [1.54, 1.807) is 17.9 Å². The van der Waals surface area contributed by atoms with E-state index in [1.807, 2.05) is 6.20 Å². The fourth-order valence-electron chi connectivity index (χ4n) is 2.55. The van der Waals surface area contributed by atoms with Crippen LogP contribution in [0, 0.1) is 5.92 Å². The lowest BCUT2D eigenvalue weighted by atomic mass is 9.87. The summed E-state index contributed by atoms with van der Waals surface area (Å²) in [5.74, 6) is 0.771. The highest BCUT2D eigenvalue weighted by Gasteiger charge is 2.18. The first-order chi connectivity index (χ1) is 8.67. The highest BCUT2D eigenvalue weighted by Crippen LogP contribution is 2.25. The number of aromatic nitrogens is 2. The molecule has 1 aromatic heterocycles. The highest BCUT2D eigenvalue weighted by atomic mass is 16.1. The van der Waals surface area contributed by atoms with Crippen molar-refractivity contribution in [3.05, 3.63) is 12.4 Å². The molecule has 0 bridgehead atoms. The number of likely N-dealkylation sites (N-methyl/N-ethyl adjacent to an activating group) is 1. The molecule has 1 amide bonds. The molecule has 5 nitrogen and oxygen atoms in total. The lowest BCUT2D eigenvalue weighted by molar-refractivity contribution is -0.121. The van der Waals surface area contributed by atoms with E-state index in [0.717, 1.165) is 11.6 Å². The van der Waals surface area contributed by atoms with Gasteiger partial charge in [-0.05, 0) is 18.8 Å². The lowest BCUT2D eigenvalue weighted by Crippen LogP contribution is -2.26. The Bertz CT molecular complexity index is 401. The number of hydrogen-bond donors (Lipinski definition) is 2. The molecule has 100 valence electrons. The van der Waals surface area contributed by atoms with Crippen molar-refractivity contribution >= 4 is 11.6 Å². The van der Waals surface area contributed by atoms with Gasteiger partial charge in [0.15, 0.2) is 0 Å². The largest absolute Gasteiger partial charge is 0.380 e. The van der Waals surface area contributed by atoms with Crippen LogP contribution in [0.4, 0.5) is 5.69 Å². The summed E-state index contributed by atoms with van der Waals surface area (Å²) < 4.78 is 1.66. The van der Waals surface area contributed by atoms with E-state index in [1.165, 1.54) is 25.7 Å². The first kappa shape index (κ1) is 12.9. The Kier molecular flexibility index (Phi) is 4.23. The predicted molar refractivity (Wildman–Crippen MR) is 71.3 cm³/mol. The normalized spacial score (nSPS) is 23.7. The second-order valence-corrected chi connectivity index (χ2v) is 5.21. The standard InChI is InChI=1S/C13H22N4O/c1-10-4-3-5-11(6-10)16-12-7-15-17(8-12)9-13(18)14-2/h7-8,10-11,16H,3-6,9H2,1-2H3,(H,14,18). The quantitative estimate of drug-likeness (QED) is 0.853. The molecule has 1 heterocycles. The van der Waals surface area contributed by atoms with Crippen LogP contribution in [-0.2, 0) is 11.3 Å². The molecular formula is C13H22N4O. The zero-order valence-electron chi connectivity index (χ0n) is 11.1. The third kappa shape index (κ3) is 3.48. The van der Waals surface area contributed by atoms with Crippen molar-refractivity contribution in [2.24, 2.45) is 5.92 Å². The fourth-order valence-corrected chi connectivity index (χ4v) is 2.55. The minimum absolute atomic E-state index is 0.0315. The Morgan fingerprint density at radius 3 is 3.11 bits per heavy atom. The SMILES string of the molecule is CNC(=O)Cn1cc(NC2CCCC(C)C2)cn1. The Balaban J connectivity index is 1.88. The highest BCUT2D eigenvalue weighted by molar-refractivity contribution is 5.75. The number of amides is 1. The minimum Gasteiger partial charge on any atom is -0.380 e. The summed E-state index contributed by atoms with van der Waals surface area (Å²) >= 11 is 0. The smallest absolute Gasteiger partial charge is 0.241 e. The van der Waals surface area contributed by atoms with Gasteiger partial charge in [0.1, 0.15) is 6.54 Å². The maximum atomic E-state index is 11.2. The average Bonchev–Trinajstić information content (AvgIpc) is 2.76. The van der Waals surface area contributed by atoms with Gasteiger partial charge in [0, 0.05) is 19.3 Å². The van der Waals surface area contributed by atoms with E-state index in [9.17, 15) is 4.79 Å². The molecule has 0 spiro atoms. The van der Waals surface area contributed by atoms with Gasteiger partial charge < -0.3 is 10.6 Å². The molecule has 2 atom stereocenters. The van der Waals surface area contributed by atoms with E-state index in [2.05, 4.69) is 22.7 Å². The van der Waals surface area contributed by atoms with Crippen LogP contribution in [0.3, 0.4) is 0 Å². The molecule has 0 radical (unpaired) electrons. The summed E-state index contributed by atoms with van der Waals surface area (Å²) in [5, 5.41) is 10.3. The molecule has 1 saturated carbocycles. The monoisotopic (exact) mass is 250 g/mol. The summed E-state index contributed by atoms with van der Waals surface area (Å²) in [4.78, 5) is 11.2. The lowest BCUT2D eigenvalue weighted by Gasteiger charge is -2.27. The number of nitrogens with zero attached hydrogens (tertiary/aromatic N) is 2. The van der Waals surface area contributed by atoms with Crippen molar-refractivity contribution in [2.75, 3.05) is 12.4 Å².